The molecule has 6 heteroatoms. The van der Waals surface area contributed by atoms with Crippen LogP contribution in [0.2, 0.25) is 0 Å². The molecule has 0 aliphatic carbocycles. The number of hydrogen-bond donors (Lipinski definition) is 0. The molecule has 1 atom stereocenters. The Bertz CT molecular complexity index is 831. The number of carbonyl (C=O) groups excluding carboxylic acids is 1. The van der Waals surface area contributed by atoms with Crippen LogP contribution in [-0.4, -0.2) is 31.7 Å². The number of carbonyl (C=O) groups is 1. The topological polar surface area (TPSA) is 56.2 Å². The van der Waals surface area contributed by atoms with Gasteiger partial charge in [-0.2, -0.15) is 5.10 Å². The van der Waals surface area contributed by atoms with Gasteiger partial charge in [-0.1, -0.05) is 6.92 Å². The molecule has 4 rings (SSSR count). The first-order chi connectivity index (χ1) is 11.8. The van der Waals surface area contributed by atoms with Crippen LogP contribution in [0.15, 0.2) is 53.3 Å². The molecule has 0 bridgehead atoms. The molecular formula is C18H20N4O2. The second kappa shape index (κ2) is 6.03. The highest BCUT2D eigenvalue weighted by atomic mass is 16.4. The lowest BCUT2D eigenvalue weighted by Gasteiger charge is -2.36. The van der Waals surface area contributed by atoms with Crippen LogP contribution >= 0.6 is 0 Å². The lowest BCUT2D eigenvalue weighted by atomic mass is 10.1. The van der Waals surface area contributed by atoms with E-state index in [1.54, 1.807) is 16.9 Å². The fourth-order valence-corrected chi connectivity index (χ4v) is 3.41. The van der Waals surface area contributed by atoms with E-state index < -0.39 is 0 Å². The summed E-state index contributed by atoms with van der Waals surface area (Å²) in [6, 6.07) is 9.72. The third kappa shape index (κ3) is 2.54. The summed E-state index contributed by atoms with van der Waals surface area (Å²) in [5.41, 5.74) is 1.19. The number of aromatic nitrogens is 3. The van der Waals surface area contributed by atoms with Crippen LogP contribution in [0.25, 0.3) is 0 Å². The van der Waals surface area contributed by atoms with Crippen molar-refractivity contribution in [2.24, 2.45) is 0 Å². The molecule has 0 fully saturated rings. The first-order valence-electron chi connectivity index (χ1n) is 8.28. The third-order valence-corrected chi connectivity index (χ3v) is 4.56. The monoisotopic (exact) mass is 324 g/mol. The van der Waals surface area contributed by atoms with E-state index in [0.29, 0.717) is 18.8 Å². The molecule has 1 amide bonds. The zero-order chi connectivity index (χ0) is 16.5. The van der Waals surface area contributed by atoms with Gasteiger partial charge in [-0.3, -0.25) is 9.48 Å². The molecule has 0 unspecified atom stereocenters. The molecule has 4 heterocycles. The molecule has 0 spiro atoms. The summed E-state index contributed by atoms with van der Waals surface area (Å²) in [6.07, 6.45) is 6.56. The fraction of sp³-hybridized carbons (Fsp3) is 0.333. The molecule has 3 aromatic heterocycles. The largest absolute Gasteiger partial charge is 0.454 e. The number of rotatable bonds is 4. The van der Waals surface area contributed by atoms with Gasteiger partial charge in [-0.25, -0.2) is 0 Å². The first-order valence-corrected chi connectivity index (χ1v) is 8.28. The lowest BCUT2D eigenvalue weighted by Crippen LogP contribution is -2.41. The minimum absolute atomic E-state index is 0.0407. The van der Waals surface area contributed by atoms with Gasteiger partial charge in [0.2, 0.25) is 0 Å². The van der Waals surface area contributed by atoms with Gasteiger partial charge >= 0.3 is 0 Å². The maximum atomic E-state index is 12.9. The van der Waals surface area contributed by atoms with Crippen molar-refractivity contribution < 1.29 is 9.21 Å². The molecule has 0 N–H and O–H groups in total. The smallest absolute Gasteiger partial charge is 0.290 e. The molecule has 1 aliphatic rings. The van der Waals surface area contributed by atoms with Crippen LogP contribution < -0.4 is 0 Å². The van der Waals surface area contributed by atoms with Gasteiger partial charge in [-0.05, 0) is 36.8 Å². The van der Waals surface area contributed by atoms with Crippen LogP contribution in [-0.2, 0) is 13.1 Å². The lowest BCUT2D eigenvalue weighted by molar-refractivity contribution is 0.0583. The average Bonchev–Trinajstić information content (AvgIpc) is 3.34. The third-order valence-electron chi connectivity index (χ3n) is 4.56. The van der Waals surface area contributed by atoms with E-state index in [4.69, 9.17) is 4.42 Å². The highest BCUT2D eigenvalue weighted by Crippen LogP contribution is 2.30. The molecular weight excluding hydrogens is 304 g/mol. The van der Waals surface area contributed by atoms with E-state index in [0.717, 1.165) is 18.7 Å². The highest BCUT2D eigenvalue weighted by Gasteiger charge is 2.31. The van der Waals surface area contributed by atoms with Gasteiger partial charge in [0.15, 0.2) is 5.76 Å². The summed E-state index contributed by atoms with van der Waals surface area (Å²) >= 11 is 0. The number of amides is 1. The quantitative estimate of drug-likeness (QED) is 0.741. The van der Waals surface area contributed by atoms with Crippen LogP contribution in [0.4, 0.5) is 0 Å². The molecule has 0 radical (unpaired) electrons. The van der Waals surface area contributed by atoms with Gasteiger partial charge < -0.3 is 13.9 Å². The second-order valence-electron chi connectivity index (χ2n) is 6.02. The minimum atomic E-state index is -0.0407. The summed E-state index contributed by atoms with van der Waals surface area (Å²) in [5, 5.41) is 4.16. The van der Waals surface area contributed by atoms with Crippen molar-refractivity contribution in [3.05, 3.63) is 66.1 Å². The van der Waals surface area contributed by atoms with Crippen LogP contribution in [0.1, 0.15) is 41.4 Å². The first kappa shape index (κ1) is 14.8. The summed E-state index contributed by atoms with van der Waals surface area (Å²) in [5.74, 6) is 1.09. The molecule has 24 heavy (non-hydrogen) atoms. The zero-order valence-electron chi connectivity index (χ0n) is 13.6. The summed E-state index contributed by atoms with van der Waals surface area (Å²) < 4.78 is 9.77. The van der Waals surface area contributed by atoms with Gasteiger partial charge in [0.25, 0.3) is 5.91 Å². The molecule has 0 saturated carbocycles. The van der Waals surface area contributed by atoms with Gasteiger partial charge in [-0.15, -0.1) is 0 Å². The molecule has 6 nitrogen and oxygen atoms in total. The predicted octanol–water partition coefficient (Wildman–Crippen LogP) is 2.93. The van der Waals surface area contributed by atoms with Crippen molar-refractivity contribution in [1.82, 2.24) is 19.2 Å². The Morgan fingerprint density at radius 2 is 2.17 bits per heavy atom. The average molecular weight is 324 g/mol. The zero-order valence-corrected chi connectivity index (χ0v) is 13.6. The molecule has 3 aromatic rings. The summed E-state index contributed by atoms with van der Waals surface area (Å²) in [7, 11) is 0. The maximum absolute atomic E-state index is 12.9. The van der Waals surface area contributed by atoms with Gasteiger partial charge in [0.05, 0.1) is 12.6 Å². The van der Waals surface area contributed by atoms with Crippen LogP contribution in [0, 0.1) is 0 Å². The Balaban J connectivity index is 1.54. The number of hydrogen-bond acceptors (Lipinski definition) is 3. The van der Waals surface area contributed by atoms with Gasteiger partial charge in [0, 0.05) is 37.4 Å². The van der Waals surface area contributed by atoms with Crippen molar-refractivity contribution in [1.29, 1.82) is 0 Å². The normalized spacial score (nSPS) is 17.0. The molecule has 0 saturated heterocycles. The summed E-state index contributed by atoms with van der Waals surface area (Å²) in [4.78, 5) is 14.8. The predicted molar refractivity (Wildman–Crippen MR) is 88.5 cm³/mol. The van der Waals surface area contributed by atoms with E-state index in [1.165, 1.54) is 5.69 Å². The Kier molecular flexibility index (Phi) is 3.72. The number of nitrogens with zero attached hydrogens (tertiary/aromatic N) is 4. The highest BCUT2D eigenvalue weighted by molar-refractivity contribution is 5.92. The Labute approximate surface area is 140 Å². The van der Waals surface area contributed by atoms with Gasteiger partial charge in [0.1, 0.15) is 5.76 Å². The van der Waals surface area contributed by atoms with Crippen molar-refractivity contribution in [2.75, 3.05) is 6.54 Å². The number of furan rings is 1. The van der Waals surface area contributed by atoms with Crippen LogP contribution in [0.5, 0.6) is 0 Å². The van der Waals surface area contributed by atoms with Crippen molar-refractivity contribution in [2.45, 2.75) is 32.5 Å². The van der Waals surface area contributed by atoms with Crippen molar-refractivity contribution in [3.8, 4) is 0 Å². The summed E-state index contributed by atoms with van der Waals surface area (Å²) in [6.45, 7) is 4.17. The Hall–Kier alpha value is -2.76. The SMILES string of the molecule is CC[C@@H]1c2cccn2CCN1C(=O)c1ccc(Cn2cccn2)o1. The molecule has 0 aromatic carbocycles. The Morgan fingerprint density at radius 1 is 1.25 bits per heavy atom. The van der Waals surface area contributed by atoms with E-state index in [2.05, 4.69) is 28.9 Å². The Morgan fingerprint density at radius 3 is 2.96 bits per heavy atom. The van der Waals surface area contributed by atoms with Crippen molar-refractivity contribution in [3.63, 3.8) is 0 Å². The fourth-order valence-electron chi connectivity index (χ4n) is 3.41. The minimum Gasteiger partial charge on any atom is -0.454 e. The van der Waals surface area contributed by atoms with E-state index in [1.807, 2.05) is 29.3 Å². The molecule has 1 aliphatic heterocycles. The maximum Gasteiger partial charge on any atom is 0.290 e. The van der Waals surface area contributed by atoms with Crippen LogP contribution in [0.3, 0.4) is 0 Å². The molecule has 124 valence electrons. The van der Waals surface area contributed by atoms with Crippen molar-refractivity contribution >= 4 is 5.91 Å². The second-order valence-corrected chi connectivity index (χ2v) is 6.02. The standard InChI is InChI=1S/C18H20N4O2/c1-2-15-16-5-3-9-20(16)11-12-22(15)18(23)17-7-6-14(24-17)13-21-10-4-8-19-21/h3-10,15H,2,11-13H2,1H3/t15-/m1/s1. The number of fused-ring (bicyclic) bond motifs is 1. The van der Waals surface area contributed by atoms with E-state index in [9.17, 15) is 4.79 Å². The van der Waals surface area contributed by atoms with E-state index in [-0.39, 0.29) is 11.9 Å². The van der Waals surface area contributed by atoms with E-state index >= 15 is 0 Å².